The molecule has 1 N–H and O–H groups in total. The first kappa shape index (κ1) is 12.1. The van der Waals surface area contributed by atoms with Crippen molar-refractivity contribution in [3.8, 4) is 0 Å². The van der Waals surface area contributed by atoms with Crippen LogP contribution in [0.5, 0.6) is 0 Å². The lowest BCUT2D eigenvalue weighted by Crippen LogP contribution is -2.29. The lowest BCUT2D eigenvalue weighted by molar-refractivity contribution is 0.217. The first-order valence-corrected chi connectivity index (χ1v) is 5.72. The van der Waals surface area contributed by atoms with Crippen molar-refractivity contribution in [2.45, 2.75) is 0 Å². The van der Waals surface area contributed by atoms with Crippen molar-refractivity contribution in [2.75, 3.05) is 26.0 Å². The second-order valence-corrected chi connectivity index (χ2v) is 5.20. The second kappa shape index (κ2) is 5.69. The minimum atomic E-state index is -3.20. The maximum absolute atomic E-state index is 11.0. The molecule has 0 aromatic carbocycles. The smallest absolute Gasteiger partial charge is 0.214 e. The summed E-state index contributed by atoms with van der Waals surface area (Å²) in [5, 5.41) is 0. The van der Waals surface area contributed by atoms with Gasteiger partial charge in [-0.25, -0.2) is 13.1 Å². The van der Waals surface area contributed by atoms with Crippen LogP contribution in [0.1, 0.15) is 0 Å². The van der Waals surface area contributed by atoms with Gasteiger partial charge in [-0.3, -0.25) is 0 Å². The molecule has 0 unspecified atom stereocenters. The minimum Gasteiger partial charge on any atom is -0.384 e. The zero-order valence-corrected chi connectivity index (χ0v) is 9.24. The molecule has 0 aliphatic rings. The molecule has 0 aromatic heterocycles. The predicted octanol–water partition coefficient (Wildman–Crippen LogP) is 0.461. The van der Waals surface area contributed by atoms with Gasteiger partial charge < -0.3 is 4.74 Å². The molecule has 0 spiro atoms. The third-order valence-electron chi connectivity index (χ3n) is 1.04. The van der Waals surface area contributed by atoms with Gasteiger partial charge >= 0.3 is 0 Å². The van der Waals surface area contributed by atoms with Crippen LogP contribution in [0, 0.1) is 0 Å². The number of sulfonamides is 1. The fourth-order valence-electron chi connectivity index (χ4n) is 0.453. The Hall–Kier alpha value is 0.0900. The van der Waals surface area contributed by atoms with E-state index in [1.165, 1.54) is 7.11 Å². The highest BCUT2D eigenvalue weighted by atomic mass is 79.9. The van der Waals surface area contributed by atoms with Gasteiger partial charge in [0, 0.05) is 18.1 Å². The van der Waals surface area contributed by atoms with Crippen LogP contribution < -0.4 is 4.72 Å². The summed E-state index contributed by atoms with van der Waals surface area (Å²) in [7, 11) is -1.75. The third-order valence-corrected chi connectivity index (χ3v) is 2.61. The maximum Gasteiger partial charge on any atom is 0.214 e. The van der Waals surface area contributed by atoms with Crippen molar-refractivity contribution < 1.29 is 13.2 Å². The van der Waals surface area contributed by atoms with E-state index >= 15 is 0 Å². The molecule has 6 heteroatoms. The monoisotopic (exact) mass is 257 g/mol. The molecule has 0 fully saturated rings. The zero-order chi connectivity index (χ0) is 9.61. The van der Waals surface area contributed by atoms with E-state index in [1.807, 2.05) is 0 Å². The van der Waals surface area contributed by atoms with Gasteiger partial charge in [-0.2, -0.15) is 0 Å². The van der Waals surface area contributed by atoms with Crippen LogP contribution in [-0.2, 0) is 14.8 Å². The van der Waals surface area contributed by atoms with Gasteiger partial charge in [0.2, 0.25) is 10.0 Å². The van der Waals surface area contributed by atoms with Crippen LogP contribution in [-0.4, -0.2) is 34.4 Å². The average Bonchev–Trinajstić information content (AvgIpc) is 1.98. The van der Waals surface area contributed by atoms with Gasteiger partial charge in [-0.15, -0.1) is 0 Å². The number of hydrogen-bond acceptors (Lipinski definition) is 3. The van der Waals surface area contributed by atoms with Crippen LogP contribution in [0.15, 0.2) is 11.1 Å². The van der Waals surface area contributed by atoms with E-state index < -0.39 is 10.0 Å². The lowest BCUT2D eigenvalue weighted by atomic mass is 10.7. The normalized spacial score (nSPS) is 11.5. The first-order chi connectivity index (χ1) is 5.48. The minimum absolute atomic E-state index is 0.0240. The highest BCUT2D eigenvalue weighted by Gasteiger charge is 2.08. The molecule has 0 heterocycles. The van der Waals surface area contributed by atoms with Crippen molar-refractivity contribution in [1.29, 1.82) is 0 Å². The summed E-state index contributed by atoms with van der Waals surface area (Å²) in [6.45, 7) is 3.91. The second-order valence-electron chi connectivity index (χ2n) is 2.15. The fourth-order valence-corrected chi connectivity index (χ4v) is 1.70. The van der Waals surface area contributed by atoms with Gasteiger partial charge in [0.15, 0.2) is 0 Å². The van der Waals surface area contributed by atoms with E-state index in [0.29, 0.717) is 4.48 Å². The predicted molar refractivity (Wildman–Crippen MR) is 51.7 cm³/mol. The number of hydrogen-bond donors (Lipinski definition) is 1. The van der Waals surface area contributed by atoms with Gasteiger partial charge in [0.1, 0.15) is 0 Å². The van der Waals surface area contributed by atoms with Crippen LogP contribution >= 0.6 is 15.9 Å². The largest absolute Gasteiger partial charge is 0.384 e. The Kier molecular flexibility index (Phi) is 5.73. The fraction of sp³-hybridized carbons (Fsp3) is 0.667. The Morgan fingerprint density at radius 1 is 1.67 bits per heavy atom. The number of rotatable bonds is 6. The summed E-state index contributed by atoms with van der Waals surface area (Å²) in [4.78, 5) is 0. The van der Waals surface area contributed by atoms with Crippen LogP contribution in [0.3, 0.4) is 0 Å². The molecule has 12 heavy (non-hydrogen) atoms. The molecule has 0 rings (SSSR count). The Morgan fingerprint density at radius 2 is 2.25 bits per heavy atom. The molecule has 0 saturated carbocycles. The molecule has 4 nitrogen and oxygen atoms in total. The van der Waals surface area contributed by atoms with Gasteiger partial charge in [0.05, 0.1) is 12.4 Å². The van der Waals surface area contributed by atoms with Crippen LogP contribution in [0.4, 0.5) is 0 Å². The first-order valence-electron chi connectivity index (χ1n) is 3.27. The molecular weight excluding hydrogens is 246 g/mol. The topological polar surface area (TPSA) is 55.4 Å². The quantitative estimate of drug-likeness (QED) is 0.753. The standard InChI is InChI=1S/C6H12BrNO3S/c1-6(7)5-8-12(9,10)4-3-11-2/h8H,1,3-5H2,2H3. The van der Waals surface area contributed by atoms with E-state index in [2.05, 4.69) is 32.0 Å². The highest BCUT2D eigenvalue weighted by Crippen LogP contribution is 1.98. The molecule has 0 aromatic rings. The summed E-state index contributed by atoms with van der Waals surface area (Å²) in [6.07, 6.45) is 0. The van der Waals surface area contributed by atoms with Crippen molar-refractivity contribution >= 4 is 26.0 Å². The summed E-state index contributed by atoms with van der Waals surface area (Å²) < 4.78 is 29.7. The molecule has 0 atom stereocenters. The zero-order valence-electron chi connectivity index (χ0n) is 6.84. The SMILES string of the molecule is C=C(Br)CNS(=O)(=O)CCOC. The summed E-state index contributed by atoms with van der Waals surface area (Å²) in [6, 6.07) is 0. The van der Waals surface area contributed by atoms with Crippen LogP contribution in [0.2, 0.25) is 0 Å². The summed E-state index contributed by atoms with van der Waals surface area (Å²) >= 11 is 3.04. The third kappa shape index (κ3) is 6.78. The van der Waals surface area contributed by atoms with E-state index in [1.54, 1.807) is 0 Å². The van der Waals surface area contributed by atoms with Gasteiger partial charge in [-0.05, 0) is 0 Å². The van der Waals surface area contributed by atoms with Gasteiger partial charge in [-0.1, -0.05) is 22.5 Å². The van der Waals surface area contributed by atoms with Crippen LogP contribution in [0.25, 0.3) is 0 Å². The number of halogens is 1. The summed E-state index contributed by atoms with van der Waals surface area (Å²) in [5.74, 6) is -0.0240. The van der Waals surface area contributed by atoms with Crippen molar-refractivity contribution in [2.24, 2.45) is 0 Å². The van der Waals surface area contributed by atoms with E-state index in [4.69, 9.17) is 0 Å². The Bertz CT molecular complexity index is 237. The average molecular weight is 258 g/mol. The molecule has 0 radical (unpaired) electrons. The van der Waals surface area contributed by atoms with Crippen molar-refractivity contribution in [3.05, 3.63) is 11.1 Å². The van der Waals surface area contributed by atoms with E-state index in [9.17, 15) is 8.42 Å². The molecule has 0 aliphatic carbocycles. The Morgan fingerprint density at radius 3 is 2.67 bits per heavy atom. The lowest BCUT2D eigenvalue weighted by Gasteiger charge is -2.04. The molecule has 72 valence electrons. The molecule has 0 bridgehead atoms. The maximum atomic E-state index is 11.0. The van der Waals surface area contributed by atoms with Crippen molar-refractivity contribution in [1.82, 2.24) is 4.72 Å². The van der Waals surface area contributed by atoms with E-state index in [-0.39, 0.29) is 18.9 Å². The van der Waals surface area contributed by atoms with Gasteiger partial charge in [0.25, 0.3) is 0 Å². The highest BCUT2D eigenvalue weighted by molar-refractivity contribution is 9.11. The molecule has 0 amide bonds. The number of nitrogens with one attached hydrogen (secondary N) is 1. The molecular formula is C6H12BrNO3S. The number of ether oxygens (including phenoxy) is 1. The molecule has 0 aliphatic heterocycles. The Labute approximate surface area is 81.2 Å². The summed E-state index contributed by atoms with van der Waals surface area (Å²) in [5.41, 5.74) is 0. The van der Waals surface area contributed by atoms with E-state index in [0.717, 1.165) is 0 Å². The molecule has 0 saturated heterocycles. The number of methoxy groups -OCH3 is 1. The Balaban J connectivity index is 3.80. The van der Waals surface area contributed by atoms with Crippen molar-refractivity contribution in [3.63, 3.8) is 0 Å².